The Hall–Kier alpha value is -2.25. The predicted molar refractivity (Wildman–Crippen MR) is 117 cm³/mol. The molecule has 6 nitrogen and oxygen atoms in total. The van der Waals surface area contributed by atoms with Crippen molar-refractivity contribution in [3.05, 3.63) is 46.0 Å². The Labute approximate surface area is 176 Å². The lowest BCUT2D eigenvalue weighted by molar-refractivity contribution is -0.115. The van der Waals surface area contributed by atoms with E-state index in [9.17, 15) is 9.59 Å². The van der Waals surface area contributed by atoms with Gasteiger partial charge in [-0.2, -0.15) is 0 Å². The van der Waals surface area contributed by atoms with E-state index >= 15 is 0 Å². The minimum atomic E-state index is -0.274. The van der Waals surface area contributed by atoms with Gasteiger partial charge in [0.05, 0.1) is 12.2 Å². The first-order valence-corrected chi connectivity index (χ1v) is 11.0. The topological polar surface area (TPSA) is 74.3 Å². The lowest BCUT2D eigenvalue weighted by Gasteiger charge is -2.34. The smallest absolute Gasteiger partial charge is 0.251 e. The summed E-state index contributed by atoms with van der Waals surface area (Å²) in [6.45, 7) is 11.4. The lowest BCUT2D eigenvalue weighted by Crippen LogP contribution is -2.38. The lowest BCUT2D eigenvalue weighted by atomic mass is 9.92. The summed E-state index contributed by atoms with van der Waals surface area (Å²) in [5, 5.41) is 8.02. The second kappa shape index (κ2) is 9.50. The number of benzene rings is 1. The molecule has 0 radical (unpaired) electrons. The van der Waals surface area contributed by atoms with Crippen molar-refractivity contribution in [2.75, 3.05) is 25.0 Å². The molecule has 29 heavy (non-hydrogen) atoms. The summed E-state index contributed by atoms with van der Waals surface area (Å²) in [7, 11) is 0. The Morgan fingerprint density at radius 2 is 1.79 bits per heavy atom. The van der Waals surface area contributed by atoms with E-state index in [1.165, 1.54) is 17.8 Å². The van der Waals surface area contributed by atoms with Gasteiger partial charge in [0.15, 0.2) is 5.13 Å². The average Bonchev–Trinajstić information content (AvgIpc) is 3.04. The number of carbonyl (C=O) groups is 2. The molecular weight excluding hydrogens is 384 g/mol. The number of hydrogen-bond acceptors (Lipinski definition) is 5. The maximum atomic E-state index is 12.3. The number of aromatic nitrogens is 1. The average molecular weight is 415 g/mol. The largest absolute Gasteiger partial charge is 0.343 e. The molecule has 2 atom stereocenters. The quantitative estimate of drug-likeness (QED) is 0.757. The second-order valence-electron chi connectivity index (χ2n) is 8.39. The highest BCUT2D eigenvalue weighted by Gasteiger charge is 2.22. The number of anilines is 1. The SMILES string of the molecule is Cc1cc(C)cc(C(=O)NCC(=O)Nc2nc(CN3C[C@@H](C)C[C@H](C)C3)cs2)c1. The number of carbonyl (C=O) groups excluding carboxylic acids is 2. The van der Waals surface area contributed by atoms with Crippen LogP contribution in [-0.2, 0) is 11.3 Å². The van der Waals surface area contributed by atoms with E-state index < -0.39 is 0 Å². The van der Waals surface area contributed by atoms with Crippen molar-refractivity contribution in [1.29, 1.82) is 0 Å². The molecule has 0 bridgehead atoms. The van der Waals surface area contributed by atoms with Crippen LogP contribution in [0.3, 0.4) is 0 Å². The molecule has 156 valence electrons. The molecule has 2 N–H and O–H groups in total. The molecule has 0 unspecified atom stereocenters. The van der Waals surface area contributed by atoms with E-state index in [-0.39, 0.29) is 18.4 Å². The predicted octanol–water partition coefficient (Wildman–Crippen LogP) is 3.61. The third-order valence-corrected chi connectivity index (χ3v) is 5.83. The molecule has 0 spiro atoms. The van der Waals surface area contributed by atoms with Crippen molar-refractivity contribution in [2.45, 2.75) is 40.7 Å². The fourth-order valence-corrected chi connectivity index (χ4v) is 4.84. The van der Waals surface area contributed by atoms with Crippen LogP contribution in [0.15, 0.2) is 23.6 Å². The number of nitrogens with zero attached hydrogens (tertiary/aromatic N) is 2. The molecule has 1 fully saturated rings. The molecule has 1 aliphatic rings. The fourth-order valence-electron chi connectivity index (χ4n) is 4.12. The van der Waals surface area contributed by atoms with Crippen LogP contribution in [0.2, 0.25) is 0 Å². The molecule has 1 aliphatic heterocycles. The summed E-state index contributed by atoms with van der Waals surface area (Å²) in [4.78, 5) is 31.4. The first kappa shape index (κ1) is 21.5. The Morgan fingerprint density at radius 1 is 1.14 bits per heavy atom. The number of hydrogen-bond donors (Lipinski definition) is 2. The van der Waals surface area contributed by atoms with Crippen molar-refractivity contribution >= 4 is 28.3 Å². The zero-order valence-electron chi connectivity index (χ0n) is 17.6. The van der Waals surface area contributed by atoms with Crippen molar-refractivity contribution in [3.63, 3.8) is 0 Å². The van der Waals surface area contributed by atoms with Gasteiger partial charge in [-0.15, -0.1) is 11.3 Å². The van der Waals surface area contributed by atoms with E-state index in [1.807, 2.05) is 37.4 Å². The molecule has 1 saturated heterocycles. The van der Waals surface area contributed by atoms with Crippen LogP contribution in [0.25, 0.3) is 0 Å². The van der Waals surface area contributed by atoms with Gasteiger partial charge in [-0.25, -0.2) is 4.98 Å². The van der Waals surface area contributed by atoms with Gasteiger partial charge in [-0.05, 0) is 44.2 Å². The van der Waals surface area contributed by atoms with Gasteiger partial charge >= 0.3 is 0 Å². The minimum Gasteiger partial charge on any atom is -0.343 e. The number of likely N-dealkylation sites (tertiary alicyclic amines) is 1. The van der Waals surface area contributed by atoms with E-state index in [0.717, 1.165) is 36.5 Å². The van der Waals surface area contributed by atoms with Crippen molar-refractivity contribution in [1.82, 2.24) is 15.2 Å². The minimum absolute atomic E-state index is 0.0815. The number of thiazole rings is 1. The molecule has 2 aromatic rings. The summed E-state index contributed by atoms with van der Waals surface area (Å²) in [6.07, 6.45) is 1.28. The Morgan fingerprint density at radius 3 is 2.45 bits per heavy atom. The molecule has 3 rings (SSSR count). The molecule has 7 heteroatoms. The first-order chi connectivity index (χ1) is 13.8. The molecule has 0 saturated carbocycles. The van der Waals surface area contributed by atoms with Crippen LogP contribution in [-0.4, -0.2) is 41.3 Å². The molecule has 1 aromatic heterocycles. The van der Waals surface area contributed by atoms with Gasteiger partial charge in [0, 0.05) is 30.6 Å². The molecular formula is C22H30N4O2S. The zero-order chi connectivity index (χ0) is 21.0. The molecule has 1 aromatic carbocycles. The third-order valence-electron chi connectivity index (χ3n) is 5.02. The summed E-state index contributed by atoms with van der Waals surface area (Å²) in [6, 6.07) is 5.64. The first-order valence-electron chi connectivity index (χ1n) is 10.1. The van der Waals surface area contributed by atoms with Crippen LogP contribution in [0.5, 0.6) is 0 Å². The van der Waals surface area contributed by atoms with Crippen LogP contribution in [0.1, 0.15) is 47.4 Å². The molecule has 0 aliphatic carbocycles. The van der Waals surface area contributed by atoms with Gasteiger partial charge in [-0.3, -0.25) is 14.5 Å². The fraction of sp³-hybridized carbons (Fsp3) is 0.500. The van der Waals surface area contributed by atoms with Crippen LogP contribution < -0.4 is 10.6 Å². The van der Waals surface area contributed by atoms with Crippen molar-refractivity contribution < 1.29 is 9.59 Å². The standard InChI is InChI=1S/C22H30N4O2S/c1-14-5-15(2)8-18(7-14)21(28)23-9-20(27)25-22-24-19(13-29-22)12-26-10-16(3)6-17(4)11-26/h5,7-8,13,16-17H,6,9-12H2,1-4H3,(H,23,28)(H,24,25,27)/t16-,17-/m0/s1. The third kappa shape index (κ3) is 6.37. The van der Waals surface area contributed by atoms with Crippen molar-refractivity contribution in [2.24, 2.45) is 11.8 Å². The maximum absolute atomic E-state index is 12.3. The van der Waals surface area contributed by atoms with E-state index in [4.69, 9.17) is 0 Å². The number of rotatable bonds is 6. The van der Waals surface area contributed by atoms with Gasteiger partial charge in [0.25, 0.3) is 5.91 Å². The number of amides is 2. The van der Waals surface area contributed by atoms with Crippen LogP contribution in [0.4, 0.5) is 5.13 Å². The second-order valence-corrected chi connectivity index (χ2v) is 9.25. The highest BCUT2D eigenvalue weighted by atomic mass is 32.1. The number of aryl methyl sites for hydroxylation is 2. The van der Waals surface area contributed by atoms with Gasteiger partial charge in [-0.1, -0.05) is 31.0 Å². The summed E-state index contributed by atoms with van der Waals surface area (Å²) < 4.78 is 0. The maximum Gasteiger partial charge on any atom is 0.251 e. The van der Waals surface area contributed by atoms with E-state index in [2.05, 4.69) is 34.4 Å². The number of piperidine rings is 1. The zero-order valence-corrected chi connectivity index (χ0v) is 18.4. The van der Waals surface area contributed by atoms with Crippen molar-refractivity contribution in [3.8, 4) is 0 Å². The summed E-state index contributed by atoms with van der Waals surface area (Å²) in [5.41, 5.74) is 3.59. The highest BCUT2D eigenvalue weighted by molar-refractivity contribution is 7.13. The monoisotopic (exact) mass is 414 g/mol. The van der Waals surface area contributed by atoms with Gasteiger partial charge < -0.3 is 10.6 Å². The Balaban J connectivity index is 1.48. The summed E-state index contributed by atoms with van der Waals surface area (Å²) in [5.74, 6) is 0.888. The van der Waals surface area contributed by atoms with Crippen LogP contribution in [0, 0.1) is 25.7 Å². The highest BCUT2D eigenvalue weighted by Crippen LogP contribution is 2.23. The van der Waals surface area contributed by atoms with E-state index in [1.54, 1.807) is 0 Å². The van der Waals surface area contributed by atoms with Gasteiger partial charge in [0.1, 0.15) is 0 Å². The van der Waals surface area contributed by atoms with E-state index in [0.29, 0.717) is 22.5 Å². The van der Waals surface area contributed by atoms with Crippen LogP contribution >= 0.6 is 11.3 Å². The molecule has 2 amide bonds. The molecule has 2 heterocycles. The normalized spacial score (nSPS) is 19.7. The Bertz CT molecular complexity index is 849. The Kier molecular flexibility index (Phi) is 7.03. The summed E-state index contributed by atoms with van der Waals surface area (Å²) >= 11 is 1.42. The number of nitrogens with one attached hydrogen (secondary N) is 2. The van der Waals surface area contributed by atoms with Gasteiger partial charge in [0.2, 0.25) is 5.91 Å².